The van der Waals surface area contributed by atoms with E-state index in [0.717, 1.165) is 12.1 Å². The minimum atomic E-state index is -0.473. The van der Waals surface area contributed by atoms with E-state index in [-0.39, 0.29) is 17.4 Å². The molecule has 1 aliphatic heterocycles. The van der Waals surface area contributed by atoms with E-state index in [4.69, 9.17) is 11.6 Å². The minimum absolute atomic E-state index is 0.0288. The second-order valence-electron chi connectivity index (χ2n) is 5.36. The Morgan fingerprint density at radius 2 is 1.67 bits per heavy atom. The molecule has 1 fully saturated rings. The lowest BCUT2D eigenvalue weighted by atomic mass is 9.77. The summed E-state index contributed by atoms with van der Waals surface area (Å²) in [6.45, 7) is 1.42. The van der Waals surface area contributed by atoms with Gasteiger partial charge in [-0.2, -0.15) is 0 Å². The van der Waals surface area contributed by atoms with Crippen LogP contribution < -0.4 is 5.32 Å². The lowest BCUT2D eigenvalue weighted by Crippen LogP contribution is -2.34. The van der Waals surface area contributed by atoms with Gasteiger partial charge in [-0.25, -0.2) is 8.78 Å². The van der Waals surface area contributed by atoms with Crippen molar-refractivity contribution in [3.63, 3.8) is 0 Å². The van der Waals surface area contributed by atoms with Crippen molar-refractivity contribution in [3.05, 3.63) is 70.2 Å². The number of piperidine rings is 1. The standard InChI is InChI=1S/C17H16ClF2N/c18-14-5-2-1-4-11(14)13-10-21-9-8-12(13)17-15(19)6-3-7-16(17)20/h1-7,12-13,21H,8-10H2. The Hall–Kier alpha value is -1.45. The topological polar surface area (TPSA) is 12.0 Å². The van der Waals surface area contributed by atoms with Crippen molar-refractivity contribution in [1.29, 1.82) is 0 Å². The molecule has 0 aliphatic carbocycles. The summed E-state index contributed by atoms with van der Waals surface area (Å²) in [5, 5.41) is 3.94. The average molecular weight is 308 g/mol. The normalized spacial score (nSPS) is 22.2. The highest BCUT2D eigenvalue weighted by Gasteiger charge is 2.32. The molecule has 1 aliphatic rings. The molecule has 3 rings (SSSR count). The molecule has 1 heterocycles. The van der Waals surface area contributed by atoms with Crippen molar-refractivity contribution in [2.45, 2.75) is 18.3 Å². The zero-order chi connectivity index (χ0) is 14.8. The van der Waals surface area contributed by atoms with Crippen molar-refractivity contribution < 1.29 is 8.78 Å². The van der Waals surface area contributed by atoms with Crippen LogP contribution in [0.4, 0.5) is 8.78 Å². The van der Waals surface area contributed by atoms with Gasteiger partial charge in [0.1, 0.15) is 11.6 Å². The van der Waals surface area contributed by atoms with Gasteiger partial charge in [0, 0.05) is 23.0 Å². The molecule has 0 aromatic heterocycles. The molecule has 110 valence electrons. The van der Waals surface area contributed by atoms with Crippen LogP contribution in [0.25, 0.3) is 0 Å². The van der Waals surface area contributed by atoms with Crippen molar-refractivity contribution >= 4 is 11.6 Å². The third kappa shape index (κ3) is 2.81. The first-order valence-corrected chi connectivity index (χ1v) is 7.45. The zero-order valence-electron chi connectivity index (χ0n) is 11.5. The summed E-state index contributed by atoms with van der Waals surface area (Å²) in [7, 11) is 0. The van der Waals surface area contributed by atoms with Crippen LogP contribution in [0.2, 0.25) is 5.02 Å². The van der Waals surface area contributed by atoms with Crippen LogP contribution in [0.15, 0.2) is 42.5 Å². The monoisotopic (exact) mass is 307 g/mol. The maximum absolute atomic E-state index is 14.1. The van der Waals surface area contributed by atoms with Crippen LogP contribution in [0, 0.1) is 11.6 Å². The summed E-state index contributed by atoms with van der Waals surface area (Å²) in [5.41, 5.74) is 1.13. The first kappa shape index (κ1) is 14.5. The molecule has 0 amide bonds. The van der Waals surface area contributed by atoms with Gasteiger partial charge >= 0.3 is 0 Å². The number of halogens is 3. The van der Waals surface area contributed by atoms with Crippen LogP contribution in [0.1, 0.15) is 29.4 Å². The molecule has 1 saturated heterocycles. The van der Waals surface area contributed by atoms with Crippen molar-refractivity contribution in [1.82, 2.24) is 5.32 Å². The van der Waals surface area contributed by atoms with Gasteiger partial charge in [0.15, 0.2) is 0 Å². The lowest BCUT2D eigenvalue weighted by molar-refractivity contribution is 0.380. The molecule has 0 saturated carbocycles. The average Bonchev–Trinajstić information content (AvgIpc) is 2.48. The Kier molecular flexibility index (Phi) is 4.22. The molecule has 1 N–H and O–H groups in total. The summed E-state index contributed by atoms with van der Waals surface area (Å²) in [6, 6.07) is 11.6. The van der Waals surface area contributed by atoms with Crippen molar-refractivity contribution in [3.8, 4) is 0 Å². The molecule has 4 heteroatoms. The molecule has 0 radical (unpaired) electrons. The second-order valence-corrected chi connectivity index (χ2v) is 5.77. The fourth-order valence-corrected chi connectivity index (χ4v) is 3.45. The lowest BCUT2D eigenvalue weighted by Gasteiger charge is -2.33. The van der Waals surface area contributed by atoms with Gasteiger partial charge in [-0.1, -0.05) is 35.9 Å². The highest BCUT2D eigenvalue weighted by atomic mass is 35.5. The maximum atomic E-state index is 14.1. The Labute approximate surface area is 127 Å². The van der Waals surface area contributed by atoms with E-state index in [1.807, 2.05) is 24.3 Å². The van der Waals surface area contributed by atoms with Crippen LogP contribution in [-0.4, -0.2) is 13.1 Å². The molecule has 0 spiro atoms. The number of hydrogen-bond acceptors (Lipinski definition) is 1. The largest absolute Gasteiger partial charge is 0.316 e. The smallest absolute Gasteiger partial charge is 0.129 e. The van der Waals surface area contributed by atoms with E-state index in [1.165, 1.54) is 18.2 Å². The zero-order valence-corrected chi connectivity index (χ0v) is 12.2. The number of benzene rings is 2. The summed E-state index contributed by atoms with van der Waals surface area (Å²) >= 11 is 6.27. The van der Waals surface area contributed by atoms with Crippen LogP contribution in [0.5, 0.6) is 0 Å². The van der Waals surface area contributed by atoms with E-state index < -0.39 is 11.6 Å². The van der Waals surface area contributed by atoms with Crippen molar-refractivity contribution in [2.75, 3.05) is 13.1 Å². The maximum Gasteiger partial charge on any atom is 0.129 e. The van der Waals surface area contributed by atoms with Crippen LogP contribution in [-0.2, 0) is 0 Å². The molecule has 1 nitrogen and oxygen atoms in total. The predicted octanol–water partition coefficient (Wildman–Crippen LogP) is 4.48. The van der Waals surface area contributed by atoms with E-state index in [1.54, 1.807) is 0 Å². The Balaban J connectivity index is 2.05. The summed E-state index contributed by atoms with van der Waals surface area (Å²) < 4.78 is 28.3. The van der Waals surface area contributed by atoms with Gasteiger partial charge in [0.05, 0.1) is 0 Å². The van der Waals surface area contributed by atoms with Gasteiger partial charge in [-0.3, -0.25) is 0 Å². The summed E-state index contributed by atoms with van der Waals surface area (Å²) in [4.78, 5) is 0. The van der Waals surface area contributed by atoms with Gasteiger partial charge in [0.25, 0.3) is 0 Å². The molecule has 2 aromatic carbocycles. The highest BCUT2D eigenvalue weighted by Crippen LogP contribution is 2.41. The molecule has 21 heavy (non-hydrogen) atoms. The van der Waals surface area contributed by atoms with Crippen LogP contribution >= 0.6 is 11.6 Å². The Morgan fingerprint density at radius 3 is 2.38 bits per heavy atom. The van der Waals surface area contributed by atoms with E-state index in [9.17, 15) is 8.78 Å². The van der Waals surface area contributed by atoms with E-state index in [2.05, 4.69) is 5.32 Å². The third-order valence-corrected chi connectivity index (χ3v) is 4.50. The molecular formula is C17H16ClF2N. The Morgan fingerprint density at radius 1 is 0.952 bits per heavy atom. The molecule has 2 aromatic rings. The van der Waals surface area contributed by atoms with Gasteiger partial charge in [-0.15, -0.1) is 0 Å². The van der Waals surface area contributed by atoms with Gasteiger partial charge in [-0.05, 0) is 42.6 Å². The molecule has 0 bridgehead atoms. The Bertz CT molecular complexity index is 624. The highest BCUT2D eigenvalue weighted by molar-refractivity contribution is 6.31. The van der Waals surface area contributed by atoms with Gasteiger partial charge < -0.3 is 5.32 Å². The molecular weight excluding hydrogens is 292 g/mol. The fourth-order valence-electron chi connectivity index (χ4n) is 3.17. The van der Waals surface area contributed by atoms with E-state index in [0.29, 0.717) is 18.0 Å². The SMILES string of the molecule is Fc1cccc(F)c1C1CCNCC1c1ccccc1Cl. The second kappa shape index (κ2) is 6.12. The number of nitrogens with one attached hydrogen (secondary N) is 1. The molecule has 2 atom stereocenters. The van der Waals surface area contributed by atoms with Gasteiger partial charge in [0.2, 0.25) is 0 Å². The number of rotatable bonds is 2. The number of hydrogen-bond donors (Lipinski definition) is 1. The molecule has 2 unspecified atom stereocenters. The first-order chi connectivity index (χ1) is 10.2. The fraction of sp³-hybridized carbons (Fsp3) is 0.294. The van der Waals surface area contributed by atoms with Crippen LogP contribution in [0.3, 0.4) is 0 Å². The predicted molar refractivity (Wildman–Crippen MR) is 80.8 cm³/mol. The first-order valence-electron chi connectivity index (χ1n) is 7.07. The van der Waals surface area contributed by atoms with E-state index >= 15 is 0 Å². The summed E-state index contributed by atoms with van der Waals surface area (Å²) in [5.74, 6) is -1.18. The minimum Gasteiger partial charge on any atom is -0.316 e. The summed E-state index contributed by atoms with van der Waals surface area (Å²) in [6.07, 6.45) is 0.688. The third-order valence-electron chi connectivity index (χ3n) is 4.16. The quantitative estimate of drug-likeness (QED) is 0.862. The van der Waals surface area contributed by atoms with Crippen molar-refractivity contribution in [2.24, 2.45) is 0 Å².